The van der Waals surface area contributed by atoms with Crippen LogP contribution in [0, 0.1) is 0 Å². The summed E-state index contributed by atoms with van der Waals surface area (Å²) in [6.07, 6.45) is 1.94. The van der Waals surface area contributed by atoms with E-state index in [2.05, 4.69) is 0 Å². The van der Waals surface area contributed by atoms with Gasteiger partial charge in [-0.2, -0.15) is 0 Å². The van der Waals surface area contributed by atoms with Crippen molar-refractivity contribution in [2.24, 2.45) is 0 Å². The molecule has 2 aromatic carbocycles. The highest BCUT2D eigenvalue weighted by Gasteiger charge is 2.43. The van der Waals surface area contributed by atoms with Crippen molar-refractivity contribution in [3.05, 3.63) is 71.8 Å². The van der Waals surface area contributed by atoms with Gasteiger partial charge in [-0.1, -0.05) is 36.4 Å². The number of benzene rings is 2. The fourth-order valence-corrected chi connectivity index (χ4v) is 3.85. The van der Waals surface area contributed by atoms with E-state index < -0.39 is 23.8 Å². The maximum atomic E-state index is 13.1. The summed E-state index contributed by atoms with van der Waals surface area (Å²) in [6, 6.07) is 13.6. The summed E-state index contributed by atoms with van der Waals surface area (Å²) < 4.78 is 10.7. The Labute approximate surface area is 189 Å². The molecule has 0 saturated carbocycles. The van der Waals surface area contributed by atoms with Crippen molar-refractivity contribution in [2.75, 3.05) is 13.3 Å². The molecule has 9 nitrogen and oxygen atoms in total. The van der Waals surface area contributed by atoms with Crippen molar-refractivity contribution in [1.82, 2.24) is 9.80 Å². The maximum Gasteiger partial charge on any atom is 0.328 e. The van der Waals surface area contributed by atoms with E-state index >= 15 is 0 Å². The summed E-state index contributed by atoms with van der Waals surface area (Å²) in [5, 5.41) is 8.90. The zero-order valence-electron chi connectivity index (χ0n) is 17.7. The Balaban J connectivity index is 1.54. The number of hydrogen-bond acceptors (Lipinski definition) is 6. The largest absolute Gasteiger partial charge is 0.478 e. The number of fused-ring (bicyclic) bond motifs is 1. The number of carbonyl (C=O) groups excluding carboxylic acids is 3. The molecule has 33 heavy (non-hydrogen) atoms. The van der Waals surface area contributed by atoms with E-state index in [0.29, 0.717) is 29.6 Å². The lowest BCUT2D eigenvalue weighted by atomic mass is 10.1. The molecule has 4 rings (SSSR count). The number of amides is 3. The molecule has 170 valence electrons. The molecule has 0 aliphatic carbocycles. The summed E-state index contributed by atoms with van der Waals surface area (Å²) in [5.74, 6) is -1.72. The molecule has 3 amide bonds. The SMILES string of the molecule is O=C(O)/C=C/C(=O)N(Cc1ccc2c(c1)OCO2)[C@H]1CC(=O)N(CCc2ccccc2)C1=O. The zero-order chi connectivity index (χ0) is 23.4. The molecule has 0 spiro atoms. The third-order valence-electron chi connectivity index (χ3n) is 5.50. The van der Waals surface area contributed by atoms with Crippen LogP contribution in [0.4, 0.5) is 0 Å². The van der Waals surface area contributed by atoms with Crippen molar-refractivity contribution >= 4 is 23.7 Å². The fraction of sp³-hybridized carbons (Fsp3) is 0.250. The van der Waals surface area contributed by atoms with Gasteiger partial charge in [-0.05, 0) is 29.7 Å². The number of carboxylic acid groups (broad SMARTS) is 1. The lowest BCUT2D eigenvalue weighted by Crippen LogP contribution is -2.44. The quantitative estimate of drug-likeness (QED) is 0.482. The summed E-state index contributed by atoms with van der Waals surface area (Å²) in [7, 11) is 0. The highest BCUT2D eigenvalue weighted by Crippen LogP contribution is 2.33. The molecule has 1 N–H and O–H groups in total. The second-order valence-corrected chi connectivity index (χ2v) is 7.66. The van der Waals surface area contributed by atoms with Gasteiger partial charge in [-0.25, -0.2) is 4.79 Å². The highest BCUT2D eigenvalue weighted by molar-refractivity contribution is 6.07. The molecule has 1 fully saturated rings. The summed E-state index contributed by atoms with van der Waals surface area (Å²) in [6.45, 7) is 0.291. The Morgan fingerprint density at radius 1 is 1.03 bits per heavy atom. The van der Waals surface area contributed by atoms with Gasteiger partial charge in [0.15, 0.2) is 11.5 Å². The topological polar surface area (TPSA) is 113 Å². The predicted octanol–water partition coefficient (Wildman–Crippen LogP) is 1.75. The van der Waals surface area contributed by atoms with E-state index in [9.17, 15) is 19.2 Å². The van der Waals surface area contributed by atoms with Crippen molar-refractivity contribution in [3.63, 3.8) is 0 Å². The van der Waals surface area contributed by atoms with E-state index in [4.69, 9.17) is 14.6 Å². The number of ether oxygens (including phenoxy) is 2. The summed E-state index contributed by atoms with van der Waals surface area (Å²) >= 11 is 0. The molecular weight excluding hydrogens is 428 g/mol. The molecule has 9 heteroatoms. The standard InChI is InChI=1S/C24H22N2O7/c27-21(8-9-23(29)30)26(14-17-6-7-19-20(12-17)33-15-32-19)18-13-22(28)25(24(18)31)11-10-16-4-2-1-3-5-16/h1-9,12,18H,10-11,13-15H2,(H,29,30)/b9-8+/t18-/m0/s1. The number of likely N-dealkylation sites (tertiary alicyclic amines) is 1. The molecule has 0 bridgehead atoms. The van der Waals surface area contributed by atoms with Crippen LogP contribution in [0.1, 0.15) is 17.5 Å². The van der Waals surface area contributed by atoms with Crippen LogP contribution in [-0.4, -0.2) is 58.0 Å². The smallest absolute Gasteiger partial charge is 0.328 e. The molecule has 2 aliphatic rings. The van der Waals surface area contributed by atoms with Gasteiger partial charge in [0.1, 0.15) is 6.04 Å². The summed E-state index contributed by atoms with van der Waals surface area (Å²) in [4.78, 5) is 51.9. The minimum Gasteiger partial charge on any atom is -0.478 e. The summed E-state index contributed by atoms with van der Waals surface area (Å²) in [5.41, 5.74) is 1.64. The minimum atomic E-state index is -1.29. The monoisotopic (exact) mass is 450 g/mol. The predicted molar refractivity (Wildman–Crippen MR) is 115 cm³/mol. The van der Waals surface area contributed by atoms with E-state index in [1.54, 1.807) is 18.2 Å². The van der Waals surface area contributed by atoms with Crippen LogP contribution in [0.3, 0.4) is 0 Å². The van der Waals surface area contributed by atoms with Crippen LogP contribution in [0.2, 0.25) is 0 Å². The van der Waals surface area contributed by atoms with Gasteiger partial charge in [-0.15, -0.1) is 0 Å². The Bertz CT molecular complexity index is 1110. The molecular formula is C24H22N2O7. The molecule has 2 aliphatic heterocycles. The van der Waals surface area contributed by atoms with Crippen molar-refractivity contribution in [3.8, 4) is 11.5 Å². The van der Waals surface area contributed by atoms with Gasteiger partial charge in [0.25, 0.3) is 5.91 Å². The normalized spacial score (nSPS) is 17.1. The van der Waals surface area contributed by atoms with Crippen molar-refractivity contribution < 1.29 is 33.8 Å². The highest BCUT2D eigenvalue weighted by atomic mass is 16.7. The number of aliphatic carboxylic acids is 1. The lowest BCUT2D eigenvalue weighted by Gasteiger charge is -2.27. The molecule has 0 unspecified atom stereocenters. The zero-order valence-corrected chi connectivity index (χ0v) is 17.7. The number of hydrogen-bond donors (Lipinski definition) is 1. The molecule has 2 heterocycles. The van der Waals surface area contributed by atoms with Gasteiger partial charge in [0, 0.05) is 25.2 Å². The molecule has 1 saturated heterocycles. The number of carboxylic acids is 1. The molecule has 2 aromatic rings. The van der Waals surface area contributed by atoms with Crippen LogP contribution >= 0.6 is 0 Å². The van der Waals surface area contributed by atoms with Crippen LogP contribution in [0.15, 0.2) is 60.7 Å². The van der Waals surface area contributed by atoms with E-state index in [1.165, 1.54) is 9.80 Å². The second kappa shape index (κ2) is 9.56. The first kappa shape index (κ1) is 22.1. The van der Waals surface area contributed by atoms with Crippen LogP contribution < -0.4 is 9.47 Å². The third-order valence-corrected chi connectivity index (χ3v) is 5.50. The average molecular weight is 450 g/mol. The molecule has 0 radical (unpaired) electrons. The van der Waals surface area contributed by atoms with E-state index in [1.807, 2.05) is 30.3 Å². The van der Waals surface area contributed by atoms with Gasteiger partial charge >= 0.3 is 5.97 Å². The first-order valence-corrected chi connectivity index (χ1v) is 10.4. The third kappa shape index (κ3) is 5.03. The fourth-order valence-electron chi connectivity index (χ4n) is 3.85. The van der Waals surface area contributed by atoms with Gasteiger partial charge < -0.3 is 19.5 Å². The Morgan fingerprint density at radius 2 is 1.79 bits per heavy atom. The average Bonchev–Trinajstić information content (AvgIpc) is 3.38. The van der Waals surface area contributed by atoms with E-state index in [-0.39, 0.29) is 32.2 Å². The molecule has 1 atom stereocenters. The first-order valence-electron chi connectivity index (χ1n) is 10.4. The maximum absolute atomic E-state index is 13.1. The van der Waals surface area contributed by atoms with Crippen LogP contribution in [0.25, 0.3) is 0 Å². The number of carbonyl (C=O) groups is 4. The Kier molecular flexibility index (Phi) is 6.39. The Morgan fingerprint density at radius 3 is 2.55 bits per heavy atom. The van der Waals surface area contributed by atoms with Gasteiger partial charge in [0.2, 0.25) is 18.6 Å². The lowest BCUT2D eigenvalue weighted by molar-refractivity contribution is -0.143. The van der Waals surface area contributed by atoms with Crippen LogP contribution in [-0.2, 0) is 32.1 Å². The first-order chi connectivity index (χ1) is 15.9. The van der Waals surface area contributed by atoms with Crippen LogP contribution in [0.5, 0.6) is 11.5 Å². The second-order valence-electron chi connectivity index (χ2n) is 7.66. The van der Waals surface area contributed by atoms with Gasteiger partial charge in [-0.3, -0.25) is 19.3 Å². The number of rotatable bonds is 8. The minimum absolute atomic E-state index is 0.00432. The van der Waals surface area contributed by atoms with Crippen molar-refractivity contribution in [1.29, 1.82) is 0 Å². The van der Waals surface area contributed by atoms with E-state index in [0.717, 1.165) is 11.6 Å². The Hall–Kier alpha value is -4.14. The molecule has 0 aromatic heterocycles. The number of nitrogens with zero attached hydrogens (tertiary/aromatic N) is 2. The van der Waals surface area contributed by atoms with Gasteiger partial charge in [0.05, 0.1) is 6.42 Å². The number of imide groups is 1. The van der Waals surface area contributed by atoms with Crippen molar-refractivity contribution in [2.45, 2.75) is 25.4 Å².